The van der Waals surface area contributed by atoms with Crippen LogP contribution in [0.25, 0.3) is 21.9 Å². The van der Waals surface area contributed by atoms with Gasteiger partial charge in [-0.1, -0.05) is 101 Å². The van der Waals surface area contributed by atoms with Crippen molar-refractivity contribution in [1.82, 2.24) is 0 Å². The van der Waals surface area contributed by atoms with E-state index in [0.29, 0.717) is 11.1 Å². The molecule has 0 aliphatic heterocycles. The predicted molar refractivity (Wildman–Crippen MR) is 166 cm³/mol. The van der Waals surface area contributed by atoms with Gasteiger partial charge in [0.1, 0.15) is 17.8 Å². The van der Waals surface area contributed by atoms with Gasteiger partial charge < -0.3 is 9.15 Å². The van der Waals surface area contributed by atoms with E-state index in [4.69, 9.17) is 9.15 Å². The standard InChI is InChI=1S/C37H43FO3/c1-3-5-7-9-27-10-16-29(17-11-27)30-18-14-28(15-19-30)25-40-33-23-22-32-24-34(41-37(39)35(32)36(33)38)31-20-12-26(13-21-31)8-6-4-2/h10-11,14-19,22-24,26,31H,3-9,12-13,20-21,25H2,1-2H3. The van der Waals surface area contributed by atoms with Crippen LogP contribution in [-0.2, 0) is 13.0 Å². The summed E-state index contributed by atoms with van der Waals surface area (Å²) in [5.41, 5.74) is 4.00. The molecule has 0 N–H and O–H groups in total. The van der Waals surface area contributed by atoms with Gasteiger partial charge in [-0.25, -0.2) is 9.18 Å². The first-order valence-electron chi connectivity index (χ1n) is 15.6. The van der Waals surface area contributed by atoms with Crippen LogP contribution in [-0.4, -0.2) is 0 Å². The van der Waals surface area contributed by atoms with Gasteiger partial charge in [0.15, 0.2) is 11.6 Å². The molecule has 1 aliphatic rings. The fourth-order valence-corrected chi connectivity index (χ4v) is 6.18. The minimum atomic E-state index is -0.651. The summed E-state index contributed by atoms with van der Waals surface area (Å²) < 4.78 is 26.9. The lowest BCUT2D eigenvalue weighted by molar-refractivity contribution is 0.276. The highest BCUT2D eigenvalue weighted by atomic mass is 19.1. The Morgan fingerprint density at radius 3 is 2.12 bits per heavy atom. The number of ether oxygens (including phenoxy) is 1. The molecule has 4 aromatic rings. The maximum Gasteiger partial charge on any atom is 0.346 e. The highest BCUT2D eigenvalue weighted by Crippen LogP contribution is 2.38. The van der Waals surface area contributed by atoms with E-state index in [9.17, 15) is 4.79 Å². The number of benzene rings is 3. The maximum atomic E-state index is 15.4. The Labute approximate surface area is 243 Å². The molecule has 1 heterocycles. The monoisotopic (exact) mass is 554 g/mol. The highest BCUT2D eigenvalue weighted by Gasteiger charge is 2.25. The van der Waals surface area contributed by atoms with E-state index in [-0.39, 0.29) is 23.7 Å². The Morgan fingerprint density at radius 2 is 1.46 bits per heavy atom. The van der Waals surface area contributed by atoms with E-state index >= 15 is 4.39 Å². The molecule has 1 aromatic heterocycles. The number of fused-ring (bicyclic) bond motifs is 1. The molecule has 216 valence electrons. The molecule has 0 saturated heterocycles. The summed E-state index contributed by atoms with van der Waals surface area (Å²) in [7, 11) is 0. The predicted octanol–water partition coefficient (Wildman–Crippen LogP) is 10.4. The molecule has 1 saturated carbocycles. The van der Waals surface area contributed by atoms with Gasteiger partial charge in [-0.05, 0) is 84.2 Å². The highest BCUT2D eigenvalue weighted by molar-refractivity contribution is 5.83. The summed E-state index contributed by atoms with van der Waals surface area (Å²) >= 11 is 0. The summed E-state index contributed by atoms with van der Waals surface area (Å²) in [6, 6.07) is 22.2. The van der Waals surface area contributed by atoms with Crippen LogP contribution in [0.4, 0.5) is 4.39 Å². The van der Waals surface area contributed by atoms with Crippen molar-refractivity contribution >= 4 is 10.8 Å². The molecule has 41 heavy (non-hydrogen) atoms. The molecule has 0 radical (unpaired) electrons. The zero-order chi connectivity index (χ0) is 28.6. The number of rotatable bonds is 12. The number of hydrogen-bond donors (Lipinski definition) is 0. The molecule has 1 fully saturated rings. The maximum absolute atomic E-state index is 15.4. The molecular formula is C37H43FO3. The minimum Gasteiger partial charge on any atom is -0.486 e. The summed E-state index contributed by atoms with van der Waals surface area (Å²) in [6.07, 6.45) is 13.0. The third kappa shape index (κ3) is 7.28. The topological polar surface area (TPSA) is 39.4 Å². The zero-order valence-electron chi connectivity index (χ0n) is 24.6. The Kier molecular flexibility index (Phi) is 9.92. The largest absolute Gasteiger partial charge is 0.486 e. The van der Waals surface area contributed by atoms with Gasteiger partial charge in [0, 0.05) is 5.92 Å². The Bertz CT molecular complexity index is 1460. The lowest BCUT2D eigenvalue weighted by atomic mass is 9.78. The van der Waals surface area contributed by atoms with E-state index in [1.807, 2.05) is 18.2 Å². The van der Waals surface area contributed by atoms with Crippen LogP contribution in [0.2, 0.25) is 0 Å². The minimum absolute atomic E-state index is 0.0311. The molecule has 0 atom stereocenters. The average Bonchev–Trinajstić information content (AvgIpc) is 3.00. The van der Waals surface area contributed by atoms with Gasteiger partial charge >= 0.3 is 5.63 Å². The molecule has 4 heteroatoms. The number of unbranched alkanes of at least 4 members (excludes halogenated alkanes) is 3. The van der Waals surface area contributed by atoms with Crippen LogP contribution in [0.15, 0.2) is 75.9 Å². The van der Waals surface area contributed by atoms with Gasteiger partial charge in [0.05, 0.1) is 0 Å². The quantitative estimate of drug-likeness (QED) is 0.164. The second-order valence-corrected chi connectivity index (χ2v) is 11.8. The molecule has 0 amide bonds. The van der Waals surface area contributed by atoms with Crippen LogP contribution in [0, 0.1) is 11.7 Å². The van der Waals surface area contributed by atoms with E-state index < -0.39 is 11.4 Å². The van der Waals surface area contributed by atoms with Crippen molar-refractivity contribution in [2.45, 2.75) is 97.0 Å². The fraction of sp³-hybridized carbons (Fsp3) is 0.432. The Balaban J connectivity index is 1.21. The third-order valence-corrected chi connectivity index (χ3v) is 8.77. The summed E-state index contributed by atoms with van der Waals surface area (Å²) in [5, 5.41) is 0.548. The summed E-state index contributed by atoms with van der Waals surface area (Å²) in [6.45, 7) is 4.67. The van der Waals surface area contributed by atoms with Crippen molar-refractivity contribution < 1.29 is 13.5 Å². The lowest BCUT2D eigenvalue weighted by Crippen LogP contribution is -2.15. The number of halogens is 1. The van der Waals surface area contributed by atoms with Crippen molar-refractivity contribution in [2.75, 3.05) is 0 Å². The molecule has 1 aliphatic carbocycles. The molecule has 3 nitrogen and oxygen atoms in total. The molecule has 3 aromatic carbocycles. The van der Waals surface area contributed by atoms with Gasteiger partial charge in [-0.15, -0.1) is 0 Å². The van der Waals surface area contributed by atoms with Gasteiger partial charge in [0.25, 0.3) is 0 Å². The first-order chi connectivity index (χ1) is 20.1. The van der Waals surface area contributed by atoms with Crippen LogP contribution >= 0.6 is 0 Å². The molecule has 0 spiro atoms. The molecular weight excluding hydrogens is 511 g/mol. The van der Waals surface area contributed by atoms with E-state index in [1.165, 1.54) is 62.5 Å². The Hall–Kier alpha value is -3.40. The van der Waals surface area contributed by atoms with Crippen LogP contribution < -0.4 is 10.4 Å². The fourth-order valence-electron chi connectivity index (χ4n) is 6.18. The average molecular weight is 555 g/mol. The molecule has 0 bridgehead atoms. The first kappa shape index (κ1) is 29.1. The van der Waals surface area contributed by atoms with E-state index in [1.54, 1.807) is 12.1 Å². The second-order valence-electron chi connectivity index (χ2n) is 11.8. The summed E-state index contributed by atoms with van der Waals surface area (Å²) in [4.78, 5) is 12.9. The zero-order valence-corrected chi connectivity index (χ0v) is 24.6. The third-order valence-electron chi connectivity index (χ3n) is 8.77. The van der Waals surface area contributed by atoms with Crippen LogP contribution in [0.5, 0.6) is 5.75 Å². The van der Waals surface area contributed by atoms with Crippen LogP contribution in [0.1, 0.15) is 101 Å². The van der Waals surface area contributed by atoms with Gasteiger partial charge in [0.2, 0.25) is 0 Å². The summed E-state index contributed by atoms with van der Waals surface area (Å²) in [5.74, 6) is 1.11. The van der Waals surface area contributed by atoms with Crippen molar-refractivity contribution in [1.29, 1.82) is 0 Å². The normalized spacial score (nSPS) is 17.1. The smallest absolute Gasteiger partial charge is 0.346 e. The second kappa shape index (κ2) is 14.0. The van der Waals surface area contributed by atoms with E-state index in [2.05, 4.69) is 50.2 Å². The Morgan fingerprint density at radius 1 is 0.805 bits per heavy atom. The van der Waals surface area contributed by atoms with Crippen molar-refractivity contribution in [3.63, 3.8) is 0 Å². The van der Waals surface area contributed by atoms with Gasteiger partial charge in [-0.3, -0.25) is 0 Å². The van der Waals surface area contributed by atoms with Gasteiger partial charge in [-0.2, -0.15) is 0 Å². The molecule has 5 rings (SSSR count). The van der Waals surface area contributed by atoms with Crippen molar-refractivity contribution in [2.24, 2.45) is 5.92 Å². The lowest BCUT2D eigenvalue weighted by Gasteiger charge is -2.27. The first-order valence-corrected chi connectivity index (χ1v) is 15.6. The number of hydrogen-bond acceptors (Lipinski definition) is 3. The molecule has 0 unspecified atom stereocenters. The number of aryl methyl sites for hydroxylation is 1. The van der Waals surface area contributed by atoms with Crippen molar-refractivity contribution in [3.05, 3.63) is 99.9 Å². The van der Waals surface area contributed by atoms with E-state index in [0.717, 1.165) is 36.3 Å². The SMILES string of the molecule is CCCCCc1ccc(-c2ccc(COc3ccc4cc(C5CCC(CCCC)CC5)oc(=O)c4c3F)cc2)cc1. The van der Waals surface area contributed by atoms with Crippen molar-refractivity contribution in [3.8, 4) is 16.9 Å². The van der Waals surface area contributed by atoms with Crippen LogP contribution in [0.3, 0.4) is 0 Å².